The topological polar surface area (TPSA) is 116 Å². The number of nitrogens with one attached hydrogen (secondary N) is 1. The predicted octanol–water partition coefficient (Wildman–Crippen LogP) is 3.46. The smallest absolute Gasteiger partial charge is 0.311 e. The van der Waals surface area contributed by atoms with Gasteiger partial charge < -0.3 is 10.4 Å². The fourth-order valence-electron chi connectivity index (χ4n) is 2.24. The molecule has 0 radical (unpaired) electrons. The summed E-state index contributed by atoms with van der Waals surface area (Å²) in [6, 6.07) is 10.9. The van der Waals surface area contributed by atoms with Crippen molar-refractivity contribution in [2.75, 3.05) is 5.32 Å². The number of nitro benzene ring substituents is 1. The van der Waals surface area contributed by atoms with Crippen molar-refractivity contribution < 1.29 is 14.8 Å². The van der Waals surface area contributed by atoms with Crippen LogP contribution in [0.15, 0.2) is 42.0 Å². The maximum absolute atomic E-state index is 12.3. The van der Waals surface area contributed by atoms with E-state index in [0.717, 1.165) is 23.3 Å². The molecule has 2 N–H and O–H groups in total. The zero-order chi connectivity index (χ0) is 18.6. The minimum atomic E-state index is -0.742. The van der Waals surface area contributed by atoms with Crippen molar-refractivity contribution in [3.8, 4) is 11.8 Å². The van der Waals surface area contributed by atoms with E-state index in [1.165, 1.54) is 12.1 Å². The van der Waals surface area contributed by atoms with E-state index in [2.05, 4.69) is 5.32 Å². The van der Waals surface area contributed by atoms with Gasteiger partial charge in [-0.1, -0.05) is 23.8 Å². The quantitative estimate of drug-likeness (QED) is 0.383. The molecule has 0 saturated heterocycles. The first-order chi connectivity index (χ1) is 11.8. The Labute approximate surface area is 144 Å². The number of amides is 1. The molecule has 0 heterocycles. The zero-order valence-corrected chi connectivity index (χ0v) is 13.6. The van der Waals surface area contributed by atoms with Crippen molar-refractivity contribution in [1.29, 1.82) is 5.26 Å². The van der Waals surface area contributed by atoms with Crippen molar-refractivity contribution in [1.82, 2.24) is 0 Å². The number of phenolic OH excluding ortho intramolecular Hbond substituents is 1. The third-order valence-corrected chi connectivity index (χ3v) is 3.50. The number of aryl methyl sites for hydroxylation is 2. The highest BCUT2D eigenvalue weighted by Crippen LogP contribution is 2.27. The zero-order valence-electron chi connectivity index (χ0n) is 13.6. The first-order valence-electron chi connectivity index (χ1n) is 7.29. The van der Waals surface area contributed by atoms with Gasteiger partial charge in [-0.25, -0.2) is 0 Å². The molecule has 0 saturated carbocycles. The summed E-state index contributed by atoms with van der Waals surface area (Å²) in [4.78, 5) is 22.4. The molecule has 2 aromatic rings. The number of nitriles is 1. The molecule has 0 spiro atoms. The van der Waals surface area contributed by atoms with Gasteiger partial charge in [0.1, 0.15) is 11.6 Å². The van der Waals surface area contributed by atoms with Crippen molar-refractivity contribution in [3.63, 3.8) is 0 Å². The van der Waals surface area contributed by atoms with Crippen LogP contribution < -0.4 is 5.32 Å². The molecule has 0 aliphatic carbocycles. The fourth-order valence-corrected chi connectivity index (χ4v) is 2.24. The van der Waals surface area contributed by atoms with Gasteiger partial charge in [-0.05, 0) is 43.2 Å². The van der Waals surface area contributed by atoms with Crippen LogP contribution in [0.25, 0.3) is 6.08 Å². The van der Waals surface area contributed by atoms with Crippen LogP contribution in [0.4, 0.5) is 11.4 Å². The van der Waals surface area contributed by atoms with Gasteiger partial charge in [0.2, 0.25) is 0 Å². The minimum Gasteiger partial charge on any atom is -0.502 e. The second kappa shape index (κ2) is 7.27. The molecule has 2 rings (SSSR count). The van der Waals surface area contributed by atoms with Gasteiger partial charge in [0.25, 0.3) is 5.91 Å². The summed E-state index contributed by atoms with van der Waals surface area (Å²) in [5.41, 5.74) is 2.03. The monoisotopic (exact) mass is 337 g/mol. The number of nitro groups is 1. The Hall–Kier alpha value is -3.66. The lowest BCUT2D eigenvalue weighted by Crippen LogP contribution is -2.14. The molecule has 0 bridgehead atoms. The van der Waals surface area contributed by atoms with E-state index in [-0.39, 0.29) is 11.1 Å². The van der Waals surface area contributed by atoms with Crippen LogP contribution in [0.3, 0.4) is 0 Å². The standard InChI is InChI=1S/C18H15N3O4/c1-11-3-5-15(12(2)7-11)20-18(23)14(10-19)8-13-4-6-17(22)16(9-13)21(24)25/h3-9,22H,1-2H3,(H,20,23). The van der Waals surface area contributed by atoms with Gasteiger partial charge >= 0.3 is 5.69 Å². The average molecular weight is 337 g/mol. The summed E-state index contributed by atoms with van der Waals surface area (Å²) in [5, 5.41) is 32.2. The van der Waals surface area contributed by atoms with E-state index in [1.807, 2.05) is 26.0 Å². The second-order valence-corrected chi connectivity index (χ2v) is 5.45. The van der Waals surface area contributed by atoms with E-state index in [0.29, 0.717) is 5.69 Å². The molecular formula is C18H15N3O4. The van der Waals surface area contributed by atoms with E-state index >= 15 is 0 Å². The number of carbonyl (C=O) groups is 1. The Morgan fingerprint density at radius 2 is 2.00 bits per heavy atom. The Morgan fingerprint density at radius 1 is 1.28 bits per heavy atom. The number of rotatable bonds is 4. The van der Waals surface area contributed by atoms with E-state index in [4.69, 9.17) is 0 Å². The fraction of sp³-hybridized carbons (Fsp3) is 0.111. The number of anilines is 1. The highest BCUT2D eigenvalue weighted by Gasteiger charge is 2.15. The molecule has 7 heteroatoms. The van der Waals surface area contributed by atoms with Crippen LogP contribution in [0.5, 0.6) is 5.75 Å². The third kappa shape index (κ3) is 4.20. The molecule has 0 atom stereocenters. The highest BCUT2D eigenvalue weighted by atomic mass is 16.6. The molecule has 25 heavy (non-hydrogen) atoms. The van der Waals surface area contributed by atoms with Gasteiger partial charge in [0.05, 0.1) is 4.92 Å². The molecule has 1 amide bonds. The molecule has 0 aromatic heterocycles. The first-order valence-corrected chi connectivity index (χ1v) is 7.29. The van der Waals surface area contributed by atoms with Crippen molar-refractivity contribution in [2.24, 2.45) is 0 Å². The molecule has 0 aliphatic rings. The van der Waals surface area contributed by atoms with Crippen LogP contribution >= 0.6 is 0 Å². The Kier molecular flexibility index (Phi) is 5.15. The van der Waals surface area contributed by atoms with Crippen molar-refractivity contribution in [3.05, 3.63) is 68.8 Å². The van der Waals surface area contributed by atoms with E-state index < -0.39 is 22.3 Å². The maximum Gasteiger partial charge on any atom is 0.311 e. The summed E-state index contributed by atoms with van der Waals surface area (Å²) in [7, 11) is 0. The van der Waals surface area contributed by atoms with Gasteiger partial charge in [-0.15, -0.1) is 0 Å². The molecule has 7 nitrogen and oxygen atoms in total. The normalized spacial score (nSPS) is 10.8. The third-order valence-electron chi connectivity index (χ3n) is 3.50. The lowest BCUT2D eigenvalue weighted by Gasteiger charge is -2.08. The van der Waals surface area contributed by atoms with E-state index in [9.17, 15) is 25.3 Å². The molecule has 0 unspecified atom stereocenters. The summed E-state index contributed by atoms with van der Waals surface area (Å²) < 4.78 is 0. The SMILES string of the molecule is Cc1ccc(NC(=O)C(C#N)=Cc2ccc(O)c([N+](=O)[O-])c2)c(C)c1. The lowest BCUT2D eigenvalue weighted by atomic mass is 10.1. The van der Waals surface area contributed by atoms with Gasteiger partial charge in [-0.2, -0.15) is 5.26 Å². The largest absolute Gasteiger partial charge is 0.502 e. The van der Waals surface area contributed by atoms with Crippen LogP contribution in [0, 0.1) is 35.3 Å². The number of aromatic hydroxyl groups is 1. The molecular weight excluding hydrogens is 322 g/mol. The van der Waals surface area contributed by atoms with Gasteiger partial charge in [-0.3, -0.25) is 14.9 Å². The van der Waals surface area contributed by atoms with Crippen LogP contribution in [-0.2, 0) is 4.79 Å². The number of carbonyl (C=O) groups excluding carboxylic acids is 1. The van der Waals surface area contributed by atoms with Crippen molar-refractivity contribution in [2.45, 2.75) is 13.8 Å². The van der Waals surface area contributed by atoms with Crippen LogP contribution in [0.1, 0.15) is 16.7 Å². The maximum atomic E-state index is 12.3. The summed E-state index contributed by atoms with van der Waals surface area (Å²) >= 11 is 0. The van der Waals surface area contributed by atoms with Gasteiger partial charge in [0, 0.05) is 11.8 Å². The number of phenols is 1. The minimum absolute atomic E-state index is 0.208. The highest BCUT2D eigenvalue weighted by molar-refractivity contribution is 6.10. The molecule has 0 fully saturated rings. The van der Waals surface area contributed by atoms with Crippen LogP contribution in [-0.4, -0.2) is 15.9 Å². The Balaban J connectivity index is 2.31. The van der Waals surface area contributed by atoms with E-state index in [1.54, 1.807) is 12.1 Å². The number of nitrogens with zero attached hydrogens (tertiary/aromatic N) is 2. The second-order valence-electron chi connectivity index (χ2n) is 5.45. The lowest BCUT2D eigenvalue weighted by molar-refractivity contribution is -0.385. The Bertz CT molecular complexity index is 926. The first kappa shape index (κ1) is 17.7. The van der Waals surface area contributed by atoms with Gasteiger partial charge in [0.15, 0.2) is 5.75 Å². The average Bonchev–Trinajstić information content (AvgIpc) is 2.56. The molecule has 0 aliphatic heterocycles. The van der Waals surface area contributed by atoms with Crippen molar-refractivity contribution >= 4 is 23.4 Å². The molecule has 2 aromatic carbocycles. The molecule has 126 valence electrons. The summed E-state index contributed by atoms with van der Waals surface area (Å²) in [5.74, 6) is -1.11. The number of benzene rings is 2. The summed E-state index contributed by atoms with van der Waals surface area (Å²) in [6.07, 6.45) is 1.23. The summed E-state index contributed by atoms with van der Waals surface area (Å²) in [6.45, 7) is 3.76. The van der Waals surface area contributed by atoms with Crippen LogP contribution in [0.2, 0.25) is 0 Å². The number of hydrogen-bond donors (Lipinski definition) is 2. The predicted molar refractivity (Wildman–Crippen MR) is 92.9 cm³/mol. The Morgan fingerprint density at radius 3 is 2.60 bits per heavy atom. The number of hydrogen-bond acceptors (Lipinski definition) is 5.